The third kappa shape index (κ3) is 4.21. The molecule has 4 aromatic rings. The molecular formula is C25H27F3N7P. The Balaban J connectivity index is 1.74. The van der Waals surface area contributed by atoms with Crippen molar-refractivity contribution < 1.29 is 13.2 Å². The van der Waals surface area contributed by atoms with Crippen LogP contribution in [0, 0.1) is 16.7 Å². The lowest BCUT2D eigenvalue weighted by Gasteiger charge is -2.36. The monoisotopic (exact) mass is 513 g/mol. The zero-order chi connectivity index (χ0) is 25.8. The molecule has 4 heterocycles. The smallest absolute Gasteiger partial charge is 0.363 e. The van der Waals surface area contributed by atoms with Crippen LogP contribution in [0.3, 0.4) is 0 Å². The van der Waals surface area contributed by atoms with Gasteiger partial charge in [0.15, 0.2) is 17.2 Å². The number of hydrogen-bond acceptors (Lipinski definition) is 5. The fourth-order valence-corrected chi connectivity index (χ4v) is 6.41. The first-order chi connectivity index (χ1) is 17.0. The largest absolute Gasteiger partial charge is 0.433 e. The van der Waals surface area contributed by atoms with Crippen LogP contribution in [0.15, 0.2) is 30.7 Å². The van der Waals surface area contributed by atoms with E-state index in [0.717, 1.165) is 22.7 Å². The molecule has 7 nitrogen and oxygen atoms in total. The maximum Gasteiger partial charge on any atom is 0.433 e. The van der Waals surface area contributed by atoms with Gasteiger partial charge in [-0.3, -0.25) is 4.40 Å². The molecule has 0 spiro atoms. The number of benzene rings is 1. The highest BCUT2D eigenvalue weighted by Crippen LogP contribution is 2.41. The molecule has 188 valence electrons. The van der Waals surface area contributed by atoms with E-state index in [1.165, 1.54) is 12.4 Å². The lowest BCUT2D eigenvalue weighted by atomic mass is 9.83. The van der Waals surface area contributed by atoms with Gasteiger partial charge < -0.3 is 15.6 Å². The van der Waals surface area contributed by atoms with Crippen molar-refractivity contribution in [1.82, 2.24) is 24.7 Å². The summed E-state index contributed by atoms with van der Waals surface area (Å²) in [5, 5.41) is 17.8. The Morgan fingerprint density at radius 1 is 1.28 bits per heavy atom. The predicted octanol–water partition coefficient (Wildman–Crippen LogP) is 4.93. The molecule has 11 heteroatoms. The molecule has 0 aliphatic carbocycles. The van der Waals surface area contributed by atoms with Gasteiger partial charge in [-0.2, -0.15) is 18.4 Å². The van der Waals surface area contributed by atoms with E-state index in [1.807, 2.05) is 13.3 Å². The van der Waals surface area contributed by atoms with Gasteiger partial charge in [0, 0.05) is 54.0 Å². The number of nitriles is 1. The van der Waals surface area contributed by atoms with Gasteiger partial charge in [-0.25, -0.2) is 9.97 Å². The van der Waals surface area contributed by atoms with Crippen LogP contribution in [0.4, 0.5) is 19.0 Å². The van der Waals surface area contributed by atoms with E-state index >= 15 is 0 Å². The summed E-state index contributed by atoms with van der Waals surface area (Å²) in [6.45, 7) is 9.89. The van der Waals surface area contributed by atoms with Crippen LogP contribution >= 0.6 is 7.92 Å². The Kier molecular flexibility index (Phi) is 5.97. The number of fused-ring (bicyclic) bond motifs is 2. The number of nitrogens with one attached hydrogen (secondary N) is 3. The molecule has 1 aromatic carbocycles. The van der Waals surface area contributed by atoms with Gasteiger partial charge in [0.25, 0.3) is 0 Å². The average molecular weight is 514 g/mol. The van der Waals surface area contributed by atoms with Crippen molar-refractivity contribution in [2.24, 2.45) is 5.41 Å². The van der Waals surface area contributed by atoms with Gasteiger partial charge in [-0.15, -0.1) is 0 Å². The topological polar surface area (TPSA) is 93.8 Å². The number of imidazole rings is 1. The summed E-state index contributed by atoms with van der Waals surface area (Å²) >= 11 is 0. The van der Waals surface area contributed by atoms with Crippen LogP contribution in [0.2, 0.25) is 0 Å². The fourth-order valence-electron chi connectivity index (χ4n) is 5.17. The van der Waals surface area contributed by atoms with Gasteiger partial charge in [0.05, 0.1) is 17.1 Å². The number of rotatable bonds is 4. The number of halogens is 3. The lowest BCUT2D eigenvalue weighted by Crippen LogP contribution is -2.47. The number of alkyl halides is 3. The Hall–Kier alpha value is -3.15. The molecule has 3 aromatic heterocycles. The van der Waals surface area contributed by atoms with Crippen molar-refractivity contribution >= 4 is 35.6 Å². The van der Waals surface area contributed by atoms with E-state index in [1.54, 1.807) is 18.3 Å². The van der Waals surface area contributed by atoms with Crippen molar-refractivity contribution in [3.05, 3.63) is 42.0 Å². The Bertz CT molecular complexity index is 1490. The molecular weight excluding hydrogens is 486 g/mol. The average Bonchev–Trinajstić information content (AvgIpc) is 3.43. The minimum absolute atomic E-state index is 0.0113. The molecule has 1 aliphatic heterocycles. The molecule has 36 heavy (non-hydrogen) atoms. The van der Waals surface area contributed by atoms with E-state index in [-0.39, 0.29) is 22.8 Å². The van der Waals surface area contributed by atoms with Crippen molar-refractivity contribution in [3.8, 4) is 17.3 Å². The first-order valence-electron chi connectivity index (χ1n) is 11.6. The Labute approximate surface area is 207 Å². The summed E-state index contributed by atoms with van der Waals surface area (Å²) in [5.41, 5.74) is 0.639. The fraction of sp³-hybridized carbons (Fsp3) is 0.400. The first-order valence-corrected chi connectivity index (χ1v) is 13.9. The van der Waals surface area contributed by atoms with Crippen LogP contribution in [-0.2, 0) is 6.18 Å². The Morgan fingerprint density at radius 3 is 2.72 bits per heavy atom. The Morgan fingerprint density at radius 2 is 2.06 bits per heavy atom. The highest BCUT2D eigenvalue weighted by Gasteiger charge is 2.40. The summed E-state index contributed by atoms with van der Waals surface area (Å²) in [6, 6.07) is 5.57. The van der Waals surface area contributed by atoms with Crippen molar-refractivity contribution in [2.75, 3.05) is 31.7 Å². The summed E-state index contributed by atoms with van der Waals surface area (Å²) in [6.07, 6.45) is 0.412. The zero-order valence-electron chi connectivity index (χ0n) is 20.5. The van der Waals surface area contributed by atoms with Crippen LogP contribution in [0.5, 0.6) is 0 Å². The molecule has 5 rings (SSSR count). The number of nitrogens with zero attached hydrogens (tertiary/aromatic N) is 4. The number of aromatic nitrogens is 4. The van der Waals surface area contributed by atoms with E-state index in [4.69, 9.17) is 0 Å². The number of piperidine rings is 1. The van der Waals surface area contributed by atoms with Gasteiger partial charge in [0.1, 0.15) is 5.69 Å². The van der Waals surface area contributed by atoms with Gasteiger partial charge in [-0.1, -0.05) is 27.8 Å². The third-order valence-corrected chi connectivity index (χ3v) is 7.95. The number of hydrogen-bond donors (Lipinski definition) is 3. The third-order valence-electron chi connectivity index (χ3n) is 6.60. The predicted molar refractivity (Wildman–Crippen MR) is 137 cm³/mol. The lowest BCUT2D eigenvalue weighted by molar-refractivity contribution is -0.141. The molecule has 1 aliphatic rings. The number of aromatic amines is 1. The van der Waals surface area contributed by atoms with E-state index in [0.29, 0.717) is 34.4 Å². The van der Waals surface area contributed by atoms with Crippen molar-refractivity contribution in [3.63, 3.8) is 0 Å². The van der Waals surface area contributed by atoms with Crippen LogP contribution < -0.4 is 15.9 Å². The molecule has 1 fully saturated rings. The number of H-pyrrole nitrogens is 1. The van der Waals surface area contributed by atoms with Gasteiger partial charge in [0.2, 0.25) is 0 Å². The normalized spacial score (nSPS) is 18.1. The molecule has 3 N–H and O–H groups in total. The van der Waals surface area contributed by atoms with Crippen LogP contribution in [-0.4, -0.2) is 51.8 Å². The van der Waals surface area contributed by atoms with Gasteiger partial charge >= 0.3 is 6.18 Å². The molecule has 0 amide bonds. The van der Waals surface area contributed by atoms with E-state index in [9.17, 15) is 18.4 Å². The van der Waals surface area contributed by atoms with E-state index < -0.39 is 19.8 Å². The summed E-state index contributed by atoms with van der Waals surface area (Å²) in [7, 11) is -0.687. The standard InChI is InChI=1S/C25H27F3N7P/c1-24(2)9-15(11-30-13-24)33-22-23-31-7-8-35(23)21(25(26,27)28)19(34-22)17-12-32-18-16(17)6-5-14(10-29)20(18)36(3)4/h5-8,12,15,30,32H,9,11,13H2,1-4H3,(H,33,34). The maximum absolute atomic E-state index is 14.5. The second-order valence-corrected chi connectivity index (χ2v) is 12.4. The molecule has 0 radical (unpaired) electrons. The highest BCUT2D eigenvalue weighted by molar-refractivity contribution is 7.64. The summed E-state index contributed by atoms with van der Waals surface area (Å²) in [5.74, 6) is 0.309. The summed E-state index contributed by atoms with van der Waals surface area (Å²) in [4.78, 5) is 11.9. The molecule has 0 bridgehead atoms. The second kappa shape index (κ2) is 8.75. The van der Waals surface area contributed by atoms with Crippen LogP contribution in [0.1, 0.15) is 31.5 Å². The van der Waals surface area contributed by atoms with Crippen LogP contribution in [0.25, 0.3) is 27.8 Å². The SMILES string of the molecule is CP(C)c1c(C#N)ccc2c(-c3nc(NC4CNCC(C)(C)C4)c4nccn4c3C(F)(F)F)c[nH]c12. The quantitative estimate of drug-likeness (QED) is 0.337. The van der Waals surface area contributed by atoms with E-state index in [2.05, 4.69) is 45.5 Å². The first kappa shape index (κ1) is 24.5. The highest BCUT2D eigenvalue weighted by atomic mass is 31.1. The van der Waals surface area contributed by atoms with Crippen molar-refractivity contribution in [1.29, 1.82) is 5.26 Å². The zero-order valence-corrected chi connectivity index (χ0v) is 21.3. The van der Waals surface area contributed by atoms with Crippen molar-refractivity contribution in [2.45, 2.75) is 32.5 Å². The number of anilines is 1. The minimum Gasteiger partial charge on any atom is -0.363 e. The second-order valence-electron chi connectivity index (χ2n) is 10.2. The van der Waals surface area contributed by atoms with Gasteiger partial charge in [-0.05, 0) is 31.2 Å². The molecule has 1 unspecified atom stereocenters. The minimum atomic E-state index is -4.67. The molecule has 1 saturated heterocycles. The maximum atomic E-state index is 14.5. The molecule has 1 atom stereocenters. The summed E-state index contributed by atoms with van der Waals surface area (Å²) < 4.78 is 44.6. The molecule has 0 saturated carbocycles.